The minimum absolute atomic E-state index is 0.186. The Hall–Kier alpha value is -2.33. The second-order valence-electron chi connectivity index (χ2n) is 5.91. The van der Waals surface area contributed by atoms with Gasteiger partial charge in [0.25, 0.3) is 5.91 Å². The van der Waals surface area contributed by atoms with Crippen LogP contribution in [0.5, 0.6) is 0 Å². The highest BCUT2D eigenvalue weighted by Crippen LogP contribution is 2.35. The van der Waals surface area contributed by atoms with E-state index in [-0.39, 0.29) is 24.2 Å². The number of benzene rings is 2. The highest BCUT2D eigenvalue weighted by molar-refractivity contribution is 7.87. The van der Waals surface area contributed by atoms with Crippen LogP contribution in [0.1, 0.15) is 28.4 Å². The summed E-state index contributed by atoms with van der Waals surface area (Å²) in [5.74, 6) is -1.30. The summed E-state index contributed by atoms with van der Waals surface area (Å²) in [5, 5.41) is 0. The highest BCUT2D eigenvalue weighted by atomic mass is 32.2. The van der Waals surface area contributed by atoms with Gasteiger partial charge in [0.15, 0.2) is 0 Å². The van der Waals surface area contributed by atoms with E-state index in [4.69, 9.17) is 9.57 Å². The molecule has 1 fully saturated rings. The van der Waals surface area contributed by atoms with Crippen LogP contribution in [0, 0.1) is 5.82 Å². The number of nitrogens with one attached hydrogen (secondary N) is 1. The third kappa shape index (κ3) is 4.16. The third-order valence-electron chi connectivity index (χ3n) is 4.22. The van der Waals surface area contributed by atoms with Crippen molar-refractivity contribution in [2.45, 2.75) is 18.6 Å². The Morgan fingerprint density at radius 3 is 2.52 bits per heavy atom. The lowest BCUT2D eigenvalue weighted by molar-refractivity contribution is -0.0988. The van der Waals surface area contributed by atoms with Gasteiger partial charge >= 0.3 is 10.2 Å². The zero-order valence-electron chi connectivity index (χ0n) is 14.5. The lowest BCUT2D eigenvalue weighted by Crippen LogP contribution is -2.48. The number of amides is 1. The van der Waals surface area contributed by atoms with Crippen molar-refractivity contribution in [1.82, 2.24) is 9.19 Å². The molecular weight excluding hydrogens is 375 g/mol. The number of hydroxylamine groups is 1. The van der Waals surface area contributed by atoms with Crippen molar-refractivity contribution in [3.63, 3.8) is 0 Å². The van der Waals surface area contributed by atoms with Crippen LogP contribution in [-0.2, 0) is 19.8 Å². The zero-order valence-corrected chi connectivity index (χ0v) is 15.4. The average molecular weight is 394 g/mol. The lowest BCUT2D eigenvalue weighted by Gasteiger charge is -2.29. The van der Waals surface area contributed by atoms with Crippen molar-refractivity contribution in [3.05, 3.63) is 71.5 Å². The summed E-state index contributed by atoms with van der Waals surface area (Å²) >= 11 is 0. The monoisotopic (exact) mass is 394 g/mol. The average Bonchev–Trinajstić information content (AvgIpc) is 3.11. The van der Waals surface area contributed by atoms with Crippen LogP contribution in [0.3, 0.4) is 0 Å². The first-order valence-corrected chi connectivity index (χ1v) is 9.69. The van der Waals surface area contributed by atoms with Gasteiger partial charge in [0.2, 0.25) is 0 Å². The Balaban J connectivity index is 1.84. The molecule has 2 aromatic carbocycles. The maximum absolute atomic E-state index is 14.2. The molecule has 1 heterocycles. The molecule has 0 aromatic heterocycles. The fourth-order valence-corrected chi connectivity index (χ4v) is 4.23. The summed E-state index contributed by atoms with van der Waals surface area (Å²) in [6, 6.07) is 13.1. The van der Waals surface area contributed by atoms with Crippen LogP contribution in [-0.4, -0.2) is 38.6 Å². The van der Waals surface area contributed by atoms with Crippen molar-refractivity contribution < 1.29 is 27.2 Å². The number of hydrogen-bond acceptors (Lipinski definition) is 5. The molecule has 0 radical (unpaired) electrons. The fourth-order valence-electron chi connectivity index (χ4n) is 3.02. The summed E-state index contributed by atoms with van der Waals surface area (Å²) < 4.78 is 47.8. The minimum atomic E-state index is -4.35. The van der Waals surface area contributed by atoms with Crippen LogP contribution in [0.4, 0.5) is 4.39 Å². The van der Waals surface area contributed by atoms with Gasteiger partial charge in [0.05, 0.1) is 13.2 Å². The Kier molecular flexibility index (Phi) is 5.85. The predicted octanol–water partition coefficient (Wildman–Crippen LogP) is 2.19. The van der Waals surface area contributed by atoms with Crippen molar-refractivity contribution in [2.24, 2.45) is 0 Å². The molecule has 3 rings (SSSR count). The van der Waals surface area contributed by atoms with Crippen LogP contribution in [0.15, 0.2) is 54.6 Å². The van der Waals surface area contributed by atoms with Gasteiger partial charge in [-0.1, -0.05) is 40.9 Å². The minimum Gasteiger partial charge on any atom is -0.372 e. The molecule has 2 aromatic rings. The molecule has 1 saturated heterocycles. The summed E-state index contributed by atoms with van der Waals surface area (Å²) in [7, 11) is -3.18. The van der Waals surface area contributed by atoms with E-state index in [1.165, 1.54) is 37.4 Å². The van der Waals surface area contributed by atoms with Gasteiger partial charge in [-0.15, -0.1) is 0 Å². The van der Waals surface area contributed by atoms with Crippen LogP contribution in [0.2, 0.25) is 0 Å². The van der Waals surface area contributed by atoms with Crippen molar-refractivity contribution in [2.75, 3.05) is 13.7 Å². The molecule has 0 saturated carbocycles. The van der Waals surface area contributed by atoms with Crippen LogP contribution < -0.4 is 4.72 Å². The lowest BCUT2D eigenvalue weighted by atomic mass is 10.0. The standard InChI is InChI=1S/C18H19FN2O5S/c1-25-21(27(23,24)20-18(22)13-7-3-2-4-8-13)16-11-12-26-17(16)14-9-5-6-10-15(14)19/h2-10,16-17H,11-12H2,1H3,(H,20,22). The number of rotatable bonds is 6. The Morgan fingerprint density at radius 1 is 1.19 bits per heavy atom. The second kappa shape index (κ2) is 8.13. The molecule has 0 spiro atoms. The van der Waals surface area contributed by atoms with Gasteiger partial charge < -0.3 is 4.74 Å². The fraction of sp³-hybridized carbons (Fsp3) is 0.278. The molecule has 2 atom stereocenters. The van der Waals surface area contributed by atoms with Crippen molar-refractivity contribution in [3.8, 4) is 0 Å². The molecule has 27 heavy (non-hydrogen) atoms. The largest absolute Gasteiger partial charge is 0.372 e. The predicted molar refractivity (Wildman–Crippen MR) is 95.2 cm³/mol. The number of nitrogens with zero attached hydrogens (tertiary/aromatic N) is 1. The molecule has 0 bridgehead atoms. The van der Waals surface area contributed by atoms with E-state index in [0.29, 0.717) is 4.47 Å². The molecule has 1 aliphatic rings. The Morgan fingerprint density at radius 2 is 1.85 bits per heavy atom. The molecule has 7 nitrogen and oxygen atoms in total. The maximum Gasteiger partial charge on any atom is 0.326 e. The van der Waals surface area contributed by atoms with Gasteiger partial charge in [-0.3, -0.25) is 9.63 Å². The van der Waals surface area contributed by atoms with Gasteiger partial charge in [0.1, 0.15) is 11.9 Å². The first-order chi connectivity index (χ1) is 12.9. The number of hydrogen-bond donors (Lipinski definition) is 1. The number of halogens is 1. The molecule has 1 N–H and O–H groups in total. The molecule has 0 aliphatic carbocycles. The second-order valence-corrected chi connectivity index (χ2v) is 7.42. The van der Waals surface area contributed by atoms with E-state index < -0.39 is 34.1 Å². The van der Waals surface area contributed by atoms with E-state index in [1.807, 2.05) is 4.72 Å². The molecule has 9 heteroatoms. The van der Waals surface area contributed by atoms with Crippen LogP contribution >= 0.6 is 0 Å². The Bertz CT molecular complexity index is 907. The number of carbonyl (C=O) groups is 1. The van der Waals surface area contributed by atoms with Crippen molar-refractivity contribution >= 4 is 16.1 Å². The van der Waals surface area contributed by atoms with Crippen molar-refractivity contribution in [1.29, 1.82) is 0 Å². The van der Waals surface area contributed by atoms with E-state index >= 15 is 0 Å². The van der Waals surface area contributed by atoms with E-state index in [1.54, 1.807) is 24.3 Å². The van der Waals surface area contributed by atoms with E-state index in [9.17, 15) is 17.6 Å². The summed E-state index contributed by atoms with van der Waals surface area (Å²) in [6.45, 7) is 0.228. The summed E-state index contributed by atoms with van der Waals surface area (Å²) in [6.07, 6.45) is -0.567. The molecule has 2 unspecified atom stereocenters. The molecule has 1 aliphatic heterocycles. The first-order valence-electron chi connectivity index (χ1n) is 8.25. The van der Waals surface area contributed by atoms with E-state index in [2.05, 4.69) is 0 Å². The smallest absolute Gasteiger partial charge is 0.326 e. The molecule has 1 amide bonds. The van der Waals surface area contributed by atoms with Gasteiger partial charge in [-0.25, -0.2) is 9.11 Å². The number of ether oxygens (including phenoxy) is 1. The Labute approximate surface area is 156 Å². The molecular formula is C18H19FN2O5S. The summed E-state index contributed by atoms with van der Waals surface area (Å²) in [4.78, 5) is 17.3. The molecule has 144 valence electrons. The maximum atomic E-state index is 14.2. The summed E-state index contributed by atoms with van der Waals surface area (Å²) in [5.41, 5.74) is 0.414. The topological polar surface area (TPSA) is 84.9 Å². The quantitative estimate of drug-likeness (QED) is 0.760. The third-order valence-corrected chi connectivity index (χ3v) is 5.55. The van der Waals surface area contributed by atoms with Gasteiger partial charge in [0, 0.05) is 17.7 Å². The van der Waals surface area contributed by atoms with Gasteiger partial charge in [-0.2, -0.15) is 8.42 Å². The normalized spacial score (nSPS) is 20.0. The SMILES string of the molecule is CON(C1CCOC1c1ccccc1F)S(=O)(=O)NC(=O)c1ccccc1. The highest BCUT2D eigenvalue weighted by Gasteiger charge is 2.42. The van der Waals surface area contributed by atoms with Gasteiger partial charge in [-0.05, 0) is 24.6 Å². The van der Waals surface area contributed by atoms with E-state index in [0.717, 1.165) is 0 Å². The van der Waals surface area contributed by atoms with Crippen LogP contribution in [0.25, 0.3) is 0 Å². The zero-order chi connectivity index (χ0) is 19.4. The first kappa shape index (κ1) is 19.4. The number of carbonyl (C=O) groups excluding carboxylic acids is 1.